The molecule has 1 aliphatic heterocycles. The third-order valence-corrected chi connectivity index (χ3v) is 5.16. The molecule has 2 aromatic carbocycles. The normalized spacial score (nSPS) is 21.0. The number of halogens is 2. The first-order valence-electron chi connectivity index (χ1n) is 8.19. The van der Waals surface area contributed by atoms with Gasteiger partial charge < -0.3 is 10.2 Å². The van der Waals surface area contributed by atoms with Crippen LogP contribution >= 0.6 is 23.2 Å². The third-order valence-electron chi connectivity index (χ3n) is 4.73. The van der Waals surface area contributed by atoms with Crippen LogP contribution in [-0.4, -0.2) is 18.4 Å². The highest BCUT2D eigenvalue weighted by molar-refractivity contribution is 6.35. The lowest BCUT2D eigenvalue weighted by Gasteiger charge is -2.17. The van der Waals surface area contributed by atoms with E-state index in [9.17, 15) is 9.59 Å². The van der Waals surface area contributed by atoms with Crippen LogP contribution in [-0.2, 0) is 16.0 Å². The van der Waals surface area contributed by atoms with Crippen LogP contribution in [0.4, 0.5) is 11.4 Å². The first-order valence-corrected chi connectivity index (χ1v) is 8.95. The van der Waals surface area contributed by atoms with Crippen LogP contribution in [0.25, 0.3) is 0 Å². The van der Waals surface area contributed by atoms with Gasteiger partial charge in [-0.15, -0.1) is 0 Å². The van der Waals surface area contributed by atoms with E-state index in [1.807, 2.05) is 29.2 Å². The molecule has 2 atom stereocenters. The van der Waals surface area contributed by atoms with Gasteiger partial charge in [-0.1, -0.05) is 41.4 Å². The summed E-state index contributed by atoms with van der Waals surface area (Å²) < 4.78 is 0. The zero-order valence-electron chi connectivity index (χ0n) is 13.3. The Morgan fingerprint density at radius 1 is 1.04 bits per heavy atom. The summed E-state index contributed by atoms with van der Waals surface area (Å²) in [6, 6.07) is 12.8. The highest BCUT2D eigenvalue weighted by Gasteiger charge is 2.50. The number of anilines is 2. The fourth-order valence-corrected chi connectivity index (χ4v) is 3.91. The highest BCUT2D eigenvalue weighted by atomic mass is 35.5. The quantitative estimate of drug-likeness (QED) is 0.876. The van der Waals surface area contributed by atoms with E-state index in [0.717, 1.165) is 12.1 Å². The largest absolute Gasteiger partial charge is 0.326 e. The first-order chi connectivity index (χ1) is 12.0. The van der Waals surface area contributed by atoms with Gasteiger partial charge in [-0.3, -0.25) is 9.59 Å². The minimum absolute atomic E-state index is 0.0363. The van der Waals surface area contributed by atoms with E-state index in [1.54, 1.807) is 18.2 Å². The van der Waals surface area contributed by atoms with Crippen LogP contribution in [0.15, 0.2) is 42.5 Å². The lowest BCUT2D eigenvalue weighted by atomic mass is 10.2. The summed E-state index contributed by atoms with van der Waals surface area (Å²) >= 11 is 11.9. The Kier molecular flexibility index (Phi) is 4.18. The van der Waals surface area contributed by atoms with Crippen molar-refractivity contribution in [3.8, 4) is 0 Å². The fraction of sp³-hybridized carbons (Fsp3) is 0.263. The van der Waals surface area contributed by atoms with Gasteiger partial charge in [-0.2, -0.15) is 0 Å². The average molecular weight is 375 g/mol. The molecule has 0 spiro atoms. The summed E-state index contributed by atoms with van der Waals surface area (Å²) in [6.07, 6.45) is 1.45. The summed E-state index contributed by atoms with van der Waals surface area (Å²) in [4.78, 5) is 27.0. The molecule has 6 heteroatoms. The molecule has 0 radical (unpaired) electrons. The molecular weight excluding hydrogens is 359 g/mol. The van der Waals surface area contributed by atoms with Crippen molar-refractivity contribution in [1.82, 2.24) is 0 Å². The lowest BCUT2D eigenvalue weighted by Crippen LogP contribution is -2.31. The van der Waals surface area contributed by atoms with E-state index in [4.69, 9.17) is 23.2 Å². The van der Waals surface area contributed by atoms with Crippen molar-refractivity contribution in [3.63, 3.8) is 0 Å². The monoisotopic (exact) mass is 374 g/mol. The molecule has 0 aromatic heterocycles. The van der Waals surface area contributed by atoms with Gasteiger partial charge in [0, 0.05) is 28.0 Å². The van der Waals surface area contributed by atoms with E-state index in [-0.39, 0.29) is 23.7 Å². The molecule has 0 saturated heterocycles. The predicted molar refractivity (Wildman–Crippen MR) is 99.2 cm³/mol. The highest BCUT2D eigenvalue weighted by Crippen LogP contribution is 2.43. The zero-order chi connectivity index (χ0) is 17.6. The van der Waals surface area contributed by atoms with Crippen molar-refractivity contribution in [1.29, 1.82) is 0 Å². The smallest absolute Gasteiger partial charge is 0.230 e. The van der Waals surface area contributed by atoms with Gasteiger partial charge in [-0.05, 0) is 42.7 Å². The van der Waals surface area contributed by atoms with Gasteiger partial charge >= 0.3 is 0 Å². The van der Waals surface area contributed by atoms with Crippen LogP contribution in [0, 0.1) is 11.8 Å². The van der Waals surface area contributed by atoms with Gasteiger partial charge in [0.15, 0.2) is 0 Å². The molecule has 0 bridgehead atoms. The molecule has 1 heterocycles. The van der Waals surface area contributed by atoms with Crippen LogP contribution in [0.5, 0.6) is 0 Å². The van der Waals surface area contributed by atoms with Crippen molar-refractivity contribution in [3.05, 3.63) is 58.1 Å². The molecule has 128 valence electrons. The van der Waals surface area contributed by atoms with E-state index >= 15 is 0 Å². The number of nitrogens with one attached hydrogen (secondary N) is 1. The van der Waals surface area contributed by atoms with E-state index in [1.165, 1.54) is 5.56 Å². The van der Waals surface area contributed by atoms with Gasteiger partial charge in [0.2, 0.25) is 11.8 Å². The Balaban J connectivity index is 1.42. The van der Waals surface area contributed by atoms with Crippen LogP contribution < -0.4 is 10.2 Å². The Hall–Kier alpha value is -2.04. The van der Waals surface area contributed by atoms with E-state index < -0.39 is 0 Å². The molecule has 2 aromatic rings. The third kappa shape index (κ3) is 3.24. The summed E-state index contributed by atoms with van der Waals surface area (Å²) in [5.74, 6) is -0.669. The maximum Gasteiger partial charge on any atom is 0.230 e. The fourth-order valence-electron chi connectivity index (χ4n) is 3.39. The van der Waals surface area contributed by atoms with Crippen LogP contribution in [0.2, 0.25) is 10.0 Å². The Morgan fingerprint density at radius 2 is 1.76 bits per heavy atom. The van der Waals surface area contributed by atoms with Crippen LogP contribution in [0.3, 0.4) is 0 Å². The summed E-state index contributed by atoms with van der Waals surface area (Å²) in [5, 5.41) is 3.72. The second kappa shape index (κ2) is 6.36. The molecule has 2 aliphatic rings. The average Bonchev–Trinajstić information content (AvgIpc) is 3.26. The van der Waals surface area contributed by atoms with E-state index in [0.29, 0.717) is 28.7 Å². The number of nitrogens with zero attached hydrogens (tertiary/aromatic N) is 1. The first kappa shape index (κ1) is 16.4. The molecule has 1 N–H and O–H groups in total. The number of benzene rings is 2. The van der Waals surface area contributed by atoms with Crippen molar-refractivity contribution in [2.24, 2.45) is 11.8 Å². The zero-order valence-corrected chi connectivity index (χ0v) is 14.8. The molecule has 1 fully saturated rings. The number of carbonyl (C=O) groups excluding carboxylic acids is 2. The van der Waals surface area contributed by atoms with Gasteiger partial charge in [0.05, 0.1) is 11.8 Å². The van der Waals surface area contributed by atoms with Gasteiger partial charge in [0.25, 0.3) is 0 Å². The van der Waals surface area contributed by atoms with E-state index in [2.05, 4.69) is 5.32 Å². The molecule has 2 unspecified atom stereocenters. The molecule has 25 heavy (non-hydrogen) atoms. The second-order valence-electron chi connectivity index (χ2n) is 6.46. The molecule has 1 saturated carbocycles. The minimum Gasteiger partial charge on any atom is -0.326 e. The van der Waals surface area contributed by atoms with Crippen molar-refractivity contribution in [2.75, 3.05) is 16.8 Å². The number of hydrogen-bond acceptors (Lipinski definition) is 2. The standard InChI is InChI=1S/C19H16Cl2N2O2/c20-12-7-13(21)9-14(8-12)22-18(24)15-10-16(15)19(25)23-6-5-11-3-1-2-4-17(11)23/h1-4,7-9,15-16H,5-6,10H2,(H,22,24). The molecule has 4 nitrogen and oxygen atoms in total. The van der Waals surface area contributed by atoms with Crippen molar-refractivity contribution in [2.45, 2.75) is 12.8 Å². The second-order valence-corrected chi connectivity index (χ2v) is 7.34. The number of rotatable bonds is 3. The molecular formula is C19H16Cl2N2O2. The topological polar surface area (TPSA) is 49.4 Å². The Bertz CT molecular complexity index is 848. The molecule has 4 rings (SSSR count). The van der Waals surface area contributed by atoms with Gasteiger partial charge in [0.1, 0.15) is 0 Å². The number of hydrogen-bond donors (Lipinski definition) is 1. The number of fused-ring (bicyclic) bond motifs is 1. The summed E-state index contributed by atoms with van der Waals surface area (Å²) in [7, 11) is 0. The summed E-state index contributed by atoms with van der Waals surface area (Å²) in [6.45, 7) is 0.687. The number of amides is 2. The molecule has 1 aliphatic carbocycles. The van der Waals surface area contributed by atoms with Crippen molar-refractivity contribution < 1.29 is 9.59 Å². The maximum atomic E-state index is 12.7. The van der Waals surface area contributed by atoms with Crippen LogP contribution in [0.1, 0.15) is 12.0 Å². The predicted octanol–water partition coefficient (Wildman–Crippen LogP) is 4.16. The summed E-state index contributed by atoms with van der Waals surface area (Å²) in [5.41, 5.74) is 2.71. The van der Waals surface area contributed by atoms with Gasteiger partial charge in [-0.25, -0.2) is 0 Å². The lowest BCUT2D eigenvalue weighted by molar-refractivity contribution is -0.123. The number of para-hydroxylation sites is 1. The van der Waals surface area contributed by atoms with Crippen molar-refractivity contribution >= 4 is 46.4 Å². The SMILES string of the molecule is O=C(Nc1cc(Cl)cc(Cl)c1)C1CC1C(=O)N1CCc2ccccc21. The molecule has 2 amide bonds. The Morgan fingerprint density at radius 3 is 2.52 bits per heavy atom. The maximum absolute atomic E-state index is 12.7. The minimum atomic E-state index is -0.294. The number of carbonyl (C=O) groups is 2. The Labute approximate surface area is 155 Å².